The number of carbonyl (C=O) groups excluding carboxylic acids is 1. The maximum Gasteiger partial charge on any atom is 0.344 e. The molecule has 92 valence electrons. The lowest BCUT2D eigenvalue weighted by Crippen LogP contribution is -2.42. The number of hydroxylamine groups is 2. The van der Waals surface area contributed by atoms with E-state index < -0.39 is 0 Å². The number of urea groups is 1. The molecule has 0 aromatic rings. The minimum absolute atomic E-state index is 0.0106. The number of fused-ring (bicyclic) bond motifs is 2. The maximum atomic E-state index is 12.0. The standard InChI is InChI=1S/C11H20N2O3/c1-2-3-6-16-13-9-4-5-10(8-14)12(7-9)11(13)15/h9-10,14H,2-8H2,1H3/t9-,10-/m0/s1. The molecular weight excluding hydrogens is 208 g/mol. The van der Waals surface area contributed by atoms with Crippen LogP contribution in [0.15, 0.2) is 0 Å². The highest BCUT2D eigenvalue weighted by atomic mass is 16.7. The summed E-state index contributed by atoms with van der Waals surface area (Å²) in [6, 6.07) is 0.105. The number of hydrogen-bond donors (Lipinski definition) is 1. The number of unbranched alkanes of at least 4 members (excludes halogenated alkanes) is 1. The van der Waals surface area contributed by atoms with Gasteiger partial charge in [0.05, 0.1) is 25.3 Å². The van der Waals surface area contributed by atoms with Crippen LogP contribution in [0.3, 0.4) is 0 Å². The predicted octanol–water partition coefficient (Wildman–Crippen LogP) is 0.979. The van der Waals surface area contributed by atoms with Gasteiger partial charge in [0.25, 0.3) is 0 Å². The smallest absolute Gasteiger partial charge is 0.344 e. The molecule has 0 aromatic heterocycles. The van der Waals surface area contributed by atoms with E-state index >= 15 is 0 Å². The third-order valence-electron chi connectivity index (χ3n) is 3.39. The van der Waals surface area contributed by atoms with Gasteiger partial charge in [-0.15, -0.1) is 0 Å². The van der Waals surface area contributed by atoms with Gasteiger partial charge in [0.2, 0.25) is 0 Å². The van der Waals surface area contributed by atoms with Crippen molar-refractivity contribution in [1.29, 1.82) is 0 Å². The Labute approximate surface area is 95.9 Å². The SMILES string of the molecule is CCCCON1C(=O)N2C[C@@H]1CC[C@H]2CO. The molecule has 2 rings (SSSR count). The fraction of sp³-hybridized carbons (Fsp3) is 0.909. The van der Waals surface area contributed by atoms with Gasteiger partial charge in [-0.2, -0.15) is 5.06 Å². The summed E-state index contributed by atoms with van der Waals surface area (Å²) >= 11 is 0. The zero-order chi connectivity index (χ0) is 11.5. The second-order valence-electron chi connectivity index (χ2n) is 4.52. The van der Waals surface area contributed by atoms with Gasteiger partial charge in [-0.25, -0.2) is 4.79 Å². The fourth-order valence-electron chi connectivity index (χ4n) is 2.37. The quantitative estimate of drug-likeness (QED) is 0.714. The molecule has 0 unspecified atom stereocenters. The van der Waals surface area contributed by atoms with E-state index in [9.17, 15) is 9.90 Å². The van der Waals surface area contributed by atoms with E-state index in [0.29, 0.717) is 13.2 Å². The Balaban J connectivity index is 1.93. The molecule has 2 aliphatic rings. The monoisotopic (exact) mass is 228 g/mol. The molecule has 0 saturated carbocycles. The van der Waals surface area contributed by atoms with Gasteiger partial charge in [0, 0.05) is 6.54 Å². The Morgan fingerprint density at radius 3 is 3.00 bits per heavy atom. The summed E-state index contributed by atoms with van der Waals surface area (Å²) < 4.78 is 0. The molecule has 0 radical (unpaired) electrons. The topological polar surface area (TPSA) is 53.0 Å². The molecule has 2 saturated heterocycles. The fourth-order valence-corrected chi connectivity index (χ4v) is 2.37. The lowest BCUT2D eigenvalue weighted by Gasteiger charge is -2.28. The van der Waals surface area contributed by atoms with E-state index in [1.165, 1.54) is 5.06 Å². The largest absolute Gasteiger partial charge is 0.394 e. The van der Waals surface area contributed by atoms with Crippen LogP contribution in [0.4, 0.5) is 4.79 Å². The Morgan fingerprint density at radius 2 is 2.31 bits per heavy atom. The first kappa shape index (κ1) is 11.7. The summed E-state index contributed by atoms with van der Waals surface area (Å²) in [6.07, 6.45) is 3.84. The maximum absolute atomic E-state index is 12.0. The zero-order valence-electron chi connectivity index (χ0n) is 9.76. The summed E-state index contributed by atoms with van der Waals surface area (Å²) in [5.41, 5.74) is 0. The molecule has 5 heteroatoms. The summed E-state index contributed by atoms with van der Waals surface area (Å²) in [5, 5.41) is 10.7. The molecule has 0 spiro atoms. The van der Waals surface area contributed by atoms with Crippen molar-refractivity contribution in [2.24, 2.45) is 0 Å². The van der Waals surface area contributed by atoms with Crippen LogP contribution < -0.4 is 0 Å². The van der Waals surface area contributed by atoms with Crippen LogP contribution in [0.25, 0.3) is 0 Å². The highest BCUT2D eigenvalue weighted by molar-refractivity contribution is 5.76. The molecule has 2 amide bonds. The van der Waals surface area contributed by atoms with Crippen molar-refractivity contribution in [3.8, 4) is 0 Å². The first-order valence-corrected chi connectivity index (χ1v) is 6.11. The van der Waals surface area contributed by atoms with Gasteiger partial charge >= 0.3 is 6.03 Å². The van der Waals surface area contributed by atoms with Crippen LogP contribution in [0.5, 0.6) is 0 Å². The van der Waals surface area contributed by atoms with E-state index in [0.717, 1.165) is 25.7 Å². The number of aliphatic hydroxyl groups is 1. The molecule has 2 aliphatic heterocycles. The molecule has 5 nitrogen and oxygen atoms in total. The first-order valence-electron chi connectivity index (χ1n) is 6.11. The number of carbonyl (C=O) groups is 1. The molecule has 2 fully saturated rings. The second kappa shape index (κ2) is 5.01. The summed E-state index contributed by atoms with van der Waals surface area (Å²) in [6.45, 7) is 3.46. The third-order valence-corrected chi connectivity index (χ3v) is 3.39. The van der Waals surface area contributed by atoms with Crippen molar-refractivity contribution < 1.29 is 14.7 Å². The van der Waals surface area contributed by atoms with Crippen LogP contribution in [-0.2, 0) is 4.84 Å². The average Bonchev–Trinajstić information content (AvgIpc) is 2.55. The average molecular weight is 228 g/mol. The van der Waals surface area contributed by atoms with Crippen molar-refractivity contribution in [2.45, 2.75) is 44.7 Å². The van der Waals surface area contributed by atoms with E-state index in [2.05, 4.69) is 6.92 Å². The van der Waals surface area contributed by atoms with Crippen molar-refractivity contribution >= 4 is 6.03 Å². The number of amides is 2. The Bertz CT molecular complexity index is 260. The molecular formula is C11H20N2O3. The molecule has 2 atom stereocenters. The van der Waals surface area contributed by atoms with Gasteiger partial charge < -0.3 is 10.0 Å². The second-order valence-corrected chi connectivity index (χ2v) is 4.52. The van der Waals surface area contributed by atoms with Gasteiger partial charge in [-0.05, 0) is 19.3 Å². The number of piperidine rings is 1. The normalized spacial score (nSPS) is 29.0. The zero-order valence-corrected chi connectivity index (χ0v) is 9.76. The minimum atomic E-state index is -0.0716. The molecule has 1 N–H and O–H groups in total. The van der Waals surface area contributed by atoms with Crippen LogP contribution in [0.1, 0.15) is 32.6 Å². The van der Waals surface area contributed by atoms with Crippen molar-refractivity contribution in [1.82, 2.24) is 9.96 Å². The number of hydrogen-bond acceptors (Lipinski definition) is 3. The Morgan fingerprint density at radius 1 is 1.50 bits per heavy atom. The van der Waals surface area contributed by atoms with Crippen molar-refractivity contribution in [2.75, 3.05) is 19.8 Å². The van der Waals surface area contributed by atoms with Crippen LogP contribution >= 0.6 is 0 Å². The van der Waals surface area contributed by atoms with Crippen molar-refractivity contribution in [3.63, 3.8) is 0 Å². The lowest BCUT2D eigenvalue weighted by molar-refractivity contribution is -0.130. The molecule has 0 aliphatic carbocycles. The van der Waals surface area contributed by atoms with E-state index in [4.69, 9.17) is 4.84 Å². The van der Waals surface area contributed by atoms with Gasteiger partial charge in [0.15, 0.2) is 0 Å². The van der Waals surface area contributed by atoms with Gasteiger partial charge in [0.1, 0.15) is 0 Å². The van der Waals surface area contributed by atoms with E-state index in [-0.39, 0.29) is 24.7 Å². The Hall–Kier alpha value is -0.810. The van der Waals surface area contributed by atoms with Crippen LogP contribution in [0, 0.1) is 0 Å². The van der Waals surface area contributed by atoms with E-state index in [1.807, 2.05) is 0 Å². The minimum Gasteiger partial charge on any atom is -0.394 e. The van der Waals surface area contributed by atoms with Crippen molar-refractivity contribution in [3.05, 3.63) is 0 Å². The molecule has 0 aromatic carbocycles. The summed E-state index contributed by atoms with van der Waals surface area (Å²) in [4.78, 5) is 19.2. The third kappa shape index (κ3) is 2.01. The lowest BCUT2D eigenvalue weighted by atomic mass is 10.0. The number of rotatable bonds is 5. The number of aliphatic hydroxyl groups excluding tert-OH is 1. The van der Waals surface area contributed by atoms with Gasteiger partial charge in [-0.1, -0.05) is 13.3 Å². The van der Waals surface area contributed by atoms with E-state index in [1.54, 1.807) is 4.90 Å². The van der Waals surface area contributed by atoms with Crippen LogP contribution in [-0.4, -0.2) is 52.9 Å². The predicted molar refractivity (Wildman–Crippen MR) is 58.7 cm³/mol. The van der Waals surface area contributed by atoms with Gasteiger partial charge in [-0.3, -0.25) is 4.84 Å². The summed E-state index contributed by atoms with van der Waals surface area (Å²) in [5.74, 6) is 0. The highest BCUT2D eigenvalue weighted by Crippen LogP contribution is 2.29. The summed E-state index contributed by atoms with van der Waals surface area (Å²) in [7, 11) is 0. The molecule has 2 heterocycles. The molecule has 16 heavy (non-hydrogen) atoms. The first-order chi connectivity index (χ1) is 7.77. The highest BCUT2D eigenvalue weighted by Gasteiger charge is 2.45. The Kier molecular flexibility index (Phi) is 3.66. The van der Waals surface area contributed by atoms with Crippen LogP contribution in [0.2, 0.25) is 0 Å². The number of nitrogens with zero attached hydrogens (tertiary/aromatic N) is 2. The molecule has 2 bridgehead atoms.